The largest absolute Gasteiger partial charge is 0.368 e. The lowest BCUT2D eigenvalue weighted by molar-refractivity contribution is 0.533. The predicted octanol–water partition coefficient (Wildman–Crippen LogP) is 1.62. The quantitative estimate of drug-likeness (QED) is 0.779. The van der Waals surface area contributed by atoms with Crippen molar-refractivity contribution in [3.05, 3.63) is 29.8 Å². The molecular weight excluding hydrogens is 210 g/mol. The fourth-order valence-electron chi connectivity index (χ4n) is 2.79. The van der Waals surface area contributed by atoms with Crippen LogP contribution in [0, 0.1) is 23.5 Å². The van der Waals surface area contributed by atoms with Gasteiger partial charge in [-0.2, -0.15) is 0 Å². The van der Waals surface area contributed by atoms with E-state index in [0.29, 0.717) is 17.5 Å². The summed E-state index contributed by atoms with van der Waals surface area (Å²) in [5.41, 5.74) is 0.538. The predicted molar refractivity (Wildman–Crippen MR) is 58.4 cm³/mol. The molecule has 0 bridgehead atoms. The fraction of sp³-hybridized carbons (Fsp3) is 0.500. The number of halogens is 2. The van der Waals surface area contributed by atoms with Gasteiger partial charge in [-0.05, 0) is 24.0 Å². The number of nitrogens with one attached hydrogen (secondary N) is 1. The number of nitrogens with zero attached hydrogens (tertiary/aromatic N) is 1. The standard InChI is InChI=1S/C12H14F2N2/c13-10-1-2-12(11(14)3-10)16-6-8-4-15-5-9(8)7-16/h1-3,8-9,15H,4-7H2. The van der Waals surface area contributed by atoms with Crippen molar-refractivity contribution in [2.24, 2.45) is 11.8 Å². The van der Waals surface area contributed by atoms with Gasteiger partial charge in [0.2, 0.25) is 0 Å². The lowest BCUT2D eigenvalue weighted by atomic mass is 10.0. The highest BCUT2D eigenvalue weighted by atomic mass is 19.1. The maximum Gasteiger partial charge on any atom is 0.149 e. The fourth-order valence-corrected chi connectivity index (χ4v) is 2.79. The van der Waals surface area contributed by atoms with Crippen LogP contribution in [0.3, 0.4) is 0 Å². The van der Waals surface area contributed by atoms with Crippen LogP contribution in [0.2, 0.25) is 0 Å². The van der Waals surface area contributed by atoms with Crippen LogP contribution in [-0.2, 0) is 0 Å². The van der Waals surface area contributed by atoms with Crippen LogP contribution in [0.1, 0.15) is 0 Å². The van der Waals surface area contributed by atoms with Crippen LogP contribution >= 0.6 is 0 Å². The smallest absolute Gasteiger partial charge is 0.149 e. The minimum atomic E-state index is -0.512. The molecule has 2 atom stereocenters. The summed E-state index contributed by atoms with van der Waals surface area (Å²) in [5, 5.41) is 3.34. The highest BCUT2D eigenvalue weighted by Gasteiger charge is 2.36. The van der Waals surface area contributed by atoms with Crippen LogP contribution in [0.15, 0.2) is 18.2 Å². The Bertz CT molecular complexity index is 396. The van der Waals surface area contributed by atoms with Gasteiger partial charge in [0.25, 0.3) is 0 Å². The van der Waals surface area contributed by atoms with Crippen molar-refractivity contribution in [1.82, 2.24) is 5.32 Å². The van der Waals surface area contributed by atoms with Gasteiger partial charge in [0.15, 0.2) is 0 Å². The van der Waals surface area contributed by atoms with E-state index in [-0.39, 0.29) is 0 Å². The molecule has 4 heteroatoms. The van der Waals surface area contributed by atoms with Gasteiger partial charge in [0.05, 0.1) is 5.69 Å². The van der Waals surface area contributed by atoms with E-state index in [1.165, 1.54) is 6.07 Å². The molecule has 3 rings (SSSR count). The first-order valence-electron chi connectivity index (χ1n) is 5.65. The molecule has 0 spiro atoms. The summed E-state index contributed by atoms with van der Waals surface area (Å²) in [7, 11) is 0. The molecule has 86 valence electrons. The lowest BCUT2D eigenvalue weighted by Gasteiger charge is -2.20. The number of fused-ring (bicyclic) bond motifs is 1. The molecule has 0 saturated carbocycles. The van der Waals surface area contributed by atoms with Crippen LogP contribution in [0.5, 0.6) is 0 Å². The lowest BCUT2D eigenvalue weighted by Crippen LogP contribution is -2.26. The second-order valence-corrected chi connectivity index (χ2v) is 4.68. The third kappa shape index (κ3) is 1.57. The summed E-state index contributed by atoms with van der Waals surface area (Å²) in [6.07, 6.45) is 0. The Morgan fingerprint density at radius 3 is 2.44 bits per heavy atom. The molecule has 2 aliphatic rings. The summed E-state index contributed by atoms with van der Waals surface area (Å²) >= 11 is 0. The van der Waals surface area contributed by atoms with Crippen molar-refractivity contribution in [3.63, 3.8) is 0 Å². The second kappa shape index (κ2) is 3.70. The Morgan fingerprint density at radius 2 is 1.81 bits per heavy atom. The van der Waals surface area contributed by atoms with Crippen molar-refractivity contribution in [2.75, 3.05) is 31.1 Å². The molecule has 2 fully saturated rings. The minimum absolute atomic E-state index is 0.451. The van der Waals surface area contributed by atoms with E-state index in [4.69, 9.17) is 0 Å². The molecule has 1 aromatic carbocycles. The van der Waals surface area contributed by atoms with Gasteiger partial charge in [0, 0.05) is 32.2 Å². The van der Waals surface area contributed by atoms with Crippen molar-refractivity contribution >= 4 is 5.69 Å². The van der Waals surface area contributed by atoms with Gasteiger partial charge in [-0.15, -0.1) is 0 Å². The molecule has 2 heterocycles. The molecule has 0 aromatic heterocycles. The van der Waals surface area contributed by atoms with E-state index in [9.17, 15) is 8.78 Å². The van der Waals surface area contributed by atoms with E-state index >= 15 is 0 Å². The average Bonchev–Trinajstić information content (AvgIpc) is 2.76. The SMILES string of the molecule is Fc1ccc(N2CC3CNCC3C2)c(F)c1. The zero-order valence-corrected chi connectivity index (χ0v) is 8.92. The number of hydrogen-bond acceptors (Lipinski definition) is 2. The molecule has 2 saturated heterocycles. The molecule has 2 nitrogen and oxygen atoms in total. The van der Waals surface area contributed by atoms with Gasteiger partial charge in [-0.25, -0.2) is 8.78 Å². The molecule has 0 radical (unpaired) electrons. The zero-order valence-electron chi connectivity index (χ0n) is 8.92. The molecule has 2 aliphatic heterocycles. The normalized spacial score (nSPS) is 28.5. The van der Waals surface area contributed by atoms with Crippen molar-refractivity contribution in [3.8, 4) is 0 Å². The molecule has 0 amide bonds. The van der Waals surface area contributed by atoms with Crippen molar-refractivity contribution < 1.29 is 8.78 Å². The Balaban J connectivity index is 1.83. The van der Waals surface area contributed by atoms with E-state index < -0.39 is 11.6 Å². The van der Waals surface area contributed by atoms with Gasteiger partial charge < -0.3 is 10.2 Å². The summed E-state index contributed by atoms with van der Waals surface area (Å²) in [6, 6.07) is 3.82. The maximum absolute atomic E-state index is 13.6. The third-order valence-electron chi connectivity index (χ3n) is 3.64. The molecular formula is C12H14F2N2. The Morgan fingerprint density at radius 1 is 1.12 bits per heavy atom. The van der Waals surface area contributed by atoms with Crippen LogP contribution in [-0.4, -0.2) is 26.2 Å². The first-order valence-corrected chi connectivity index (χ1v) is 5.65. The highest BCUT2D eigenvalue weighted by molar-refractivity contribution is 5.49. The topological polar surface area (TPSA) is 15.3 Å². The molecule has 1 aromatic rings. The van der Waals surface area contributed by atoms with E-state index in [1.54, 1.807) is 6.07 Å². The van der Waals surface area contributed by atoms with Crippen molar-refractivity contribution in [1.29, 1.82) is 0 Å². The summed E-state index contributed by atoms with van der Waals surface area (Å²) in [4.78, 5) is 2.03. The summed E-state index contributed by atoms with van der Waals surface area (Å²) in [5.74, 6) is 0.268. The summed E-state index contributed by atoms with van der Waals surface area (Å²) < 4.78 is 26.4. The van der Waals surface area contributed by atoms with Gasteiger partial charge in [-0.3, -0.25) is 0 Å². The maximum atomic E-state index is 13.6. The molecule has 16 heavy (non-hydrogen) atoms. The van der Waals surface area contributed by atoms with Crippen LogP contribution in [0.4, 0.5) is 14.5 Å². The summed E-state index contributed by atoms with van der Waals surface area (Å²) in [6.45, 7) is 3.79. The molecule has 0 aliphatic carbocycles. The van der Waals surface area contributed by atoms with Crippen molar-refractivity contribution in [2.45, 2.75) is 0 Å². The van der Waals surface area contributed by atoms with Gasteiger partial charge in [0.1, 0.15) is 11.6 Å². The molecule has 2 unspecified atom stereocenters. The number of hydrogen-bond donors (Lipinski definition) is 1. The van der Waals surface area contributed by atoms with Crippen LogP contribution < -0.4 is 10.2 Å². The number of benzene rings is 1. The second-order valence-electron chi connectivity index (χ2n) is 4.68. The van der Waals surface area contributed by atoms with E-state index in [2.05, 4.69) is 5.32 Å². The molecule has 1 N–H and O–H groups in total. The Labute approximate surface area is 93.3 Å². The highest BCUT2D eigenvalue weighted by Crippen LogP contribution is 2.31. The zero-order chi connectivity index (χ0) is 11.1. The Kier molecular flexibility index (Phi) is 2.32. The van der Waals surface area contributed by atoms with Gasteiger partial charge in [-0.1, -0.05) is 0 Å². The number of rotatable bonds is 1. The average molecular weight is 224 g/mol. The van der Waals surface area contributed by atoms with E-state index in [0.717, 1.165) is 32.2 Å². The van der Waals surface area contributed by atoms with Gasteiger partial charge >= 0.3 is 0 Å². The first-order chi connectivity index (χ1) is 7.74. The third-order valence-corrected chi connectivity index (χ3v) is 3.64. The van der Waals surface area contributed by atoms with E-state index in [1.807, 2.05) is 4.90 Å². The minimum Gasteiger partial charge on any atom is -0.368 e. The first kappa shape index (κ1) is 10.0. The monoisotopic (exact) mass is 224 g/mol. The number of anilines is 1. The Hall–Kier alpha value is -1.16. The van der Waals surface area contributed by atoms with Crippen LogP contribution in [0.25, 0.3) is 0 Å².